The zero-order valence-corrected chi connectivity index (χ0v) is 15.1. The highest BCUT2D eigenvalue weighted by Gasteiger charge is 2.02. The van der Waals surface area contributed by atoms with Crippen LogP contribution in [-0.2, 0) is 6.42 Å². The van der Waals surface area contributed by atoms with Crippen molar-refractivity contribution in [3.63, 3.8) is 0 Å². The lowest BCUT2D eigenvalue weighted by atomic mass is 10.1. The van der Waals surface area contributed by atoms with Gasteiger partial charge >= 0.3 is 0 Å². The highest BCUT2D eigenvalue weighted by molar-refractivity contribution is 5.55. The van der Waals surface area contributed by atoms with Crippen LogP contribution >= 0.6 is 0 Å². The topological polar surface area (TPSA) is 35.0 Å². The smallest absolute Gasteiger partial charge is 0.159 e. The second kappa shape index (κ2) is 10.8. The summed E-state index contributed by atoms with van der Waals surface area (Å²) >= 11 is 0. The summed E-state index contributed by atoms with van der Waals surface area (Å²) in [5, 5.41) is 0. The monoisotopic (exact) mass is 326 g/mol. The first-order chi connectivity index (χ1) is 11.8. The first kappa shape index (κ1) is 18.4. The van der Waals surface area contributed by atoms with Crippen LogP contribution in [-0.4, -0.2) is 16.6 Å². The van der Waals surface area contributed by atoms with Crippen LogP contribution in [0.15, 0.2) is 36.7 Å². The fourth-order valence-electron chi connectivity index (χ4n) is 2.69. The summed E-state index contributed by atoms with van der Waals surface area (Å²) in [6.45, 7) is 5.21. The number of aromatic nitrogens is 2. The highest BCUT2D eigenvalue weighted by atomic mass is 16.5. The molecule has 0 saturated heterocycles. The van der Waals surface area contributed by atoms with Gasteiger partial charge in [0.2, 0.25) is 0 Å². The van der Waals surface area contributed by atoms with Gasteiger partial charge in [-0.1, -0.05) is 52.4 Å². The van der Waals surface area contributed by atoms with E-state index in [1.54, 1.807) is 0 Å². The average Bonchev–Trinajstić information content (AvgIpc) is 2.62. The summed E-state index contributed by atoms with van der Waals surface area (Å²) in [4.78, 5) is 8.91. The molecular weight excluding hydrogens is 296 g/mol. The molecule has 0 amide bonds. The molecule has 0 N–H and O–H groups in total. The predicted molar refractivity (Wildman–Crippen MR) is 100 cm³/mol. The molecule has 0 radical (unpaired) electrons. The van der Waals surface area contributed by atoms with Gasteiger partial charge in [0, 0.05) is 18.0 Å². The van der Waals surface area contributed by atoms with Crippen LogP contribution in [0.5, 0.6) is 5.75 Å². The van der Waals surface area contributed by atoms with Crippen LogP contribution in [0.25, 0.3) is 11.4 Å². The quantitative estimate of drug-likeness (QED) is 0.487. The molecule has 2 rings (SSSR count). The molecule has 0 spiro atoms. The molecule has 0 aliphatic heterocycles. The molecular formula is C21H30N2O. The highest BCUT2D eigenvalue weighted by Crippen LogP contribution is 2.19. The fraction of sp³-hybridized carbons (Fsp3) is 0.524. The molecule has 0 unspecified atom stereocenters. The molecule has 0 atom stereocenters. The Labute approximate surface area is 146 Å². The van der Waals surface area contributed by atoms with Gasteiger partial charge in [-0.05, 0) is 42.7 Å². The first-order valence-corrected chi connectivity index (χ1v) is 9.37. The summed E-state index contributed by atoms with van der Waals surface area (Å²) in [7, 11) is 0. The lowest BCUT2D eigenvalue weighted by molar-refractivity contribution is 0.304. The van der Waals surface area contributed by atoms with E-state index < -0.39 is 0 Å². The lowest BCUT2D eigenvalue weighted by Crippen LogP contribution is -1.97. The van der Waals surface area contributed by atoms with E-state index in [-0.39, 0.29) is 0 Å². The van der Waals surface area contributed by atoms with Crippen molar-refractivity contribution in [2.75, 3.05) is 6.61 Å². The van der Waals surface area contributed by atoms with Crippen LogP contribution in [0.2, 0.25) is 0 Å². The van der Waals surface area contributed by atoms with Crippen LogP contribution < -0.4 is 4.74 Å². The van der Waals surface area contributed by atoms with E-state index in [2.05, 4.69) is 23.8 Å². The number of rotatable bonds is 11. The molecule has 1 heterocycles. The first-order valence-electron chi connectivity index (χ1n) is 9.37. The Bertz CT molecular complexity index is 563. The van der Waals surface area contributed by atoms with Gasteiger partial charge in [0.25, 0.3) is 0 Å². The molecule has 1 aromatic heterocycles. The number of hydrogen-bond acceptors (Lipinski definition) is 3. The Balaban J connectivity index is 1.76. The number of aryl methyl sites for hydroxylation is 1. The van der Waals surface area contributed by atoms with E-state index in [1.807, 2.05) is 36.7 Å². The third kappa shape index (κ3) is 6.31. The summed E-state index contributed by atoms with van der Waals surface area (Å²) in [5.74, 6) is 1.70. The molecule has 0 aliphatic carbocycles. The third-order valence-electron chi connectivity index (χ3n) is 4.12. The number of hydrogen-bond donors (Lipinski definition) is 0. The number of nitrogens with zero attached hydrogens (tertiary/aromatic N) is 2. The molecule has 24 heavy (non-hydrogen) atoms. The Kier molecular flexibility index (Phi) is 8.29. The van der Waals surface area contributed by atoms with Gasteiger partial charge in [-0.3, -0.25) is 0 Å². The standard InChI is InChI=1S/C21H30N2O/c1-3-5-6-7-8-9-15-24-20-13-11-19(12-14-20)21-22-16-18(10-4-2)17-23-21/h11-14,16-17H,3-10,15H2,1-2H3. The summed E-state index contributed by atoms with van der Waals surface area (Å²) in [5.41, 5.74) is 2.23. The minimum atomic E-state index is 0.775. The van der Waals surface area contributed by atoms with Crippen molar-refractivity contribution >= 4 is 0 Å². The van der Waals surface area contributed by atoms with Crippen LogP contribution in [0.1, 0.15) is 64.4 Å². The van der Waals surface area contributed by atoms with E-state index in [1.165, 1.54) is 37.7 Å². The van der Waals surface area contributed by atoms with Crippen molar-refractivity contribution in [1.29, 1.82) is 0 Å². The number of benzene rings is 1. The Hall–Kier alpha value is -1.90. The van der Waals surface area contributed by atoms with Crippen LogP contribution in [0.3, 0.4) is 0 Å². The van der Waals surface area contributed by atoms with Crippen molar-refractivity contribution in [1.82, 2.24) is 9.97 Å². The normalized spacial score (nSPS) is 10.8. The Morgan fingerprint density at radius 1 is 0.792 bits per heavy atom. The fourth-order valence-corrected chi connectivity index (χ4v) is 2.69. The van der Waals surface area contributed by atoms with Crippen LogP contribution in [0, 0.1) is 0 Å². The molecule has 2 aromatic rings. The van der Waals surface area contributed by atoms with Gasteiger partial charge in [0.05, 0.1) is 6.61 Å². The van der Waals surface area contributed by atoms with E-state index in [9.17, 15) is 0 Å². The summed E-state index contributed by atoms with van der Waals surface area (Å²) < 4.78 is 5.81. The zero-order valence-electron chi connectivity index (χ0n) is 15.1. The van der Waals surface area contributed by atoms with Crippen molar-refractivity contribution in [3.8, 4) is 17.1 Å². The molecule has 0 bridgehead atoms. The van der Waals surface area contributed by atoms with Crippen LogP contribution in [0.4, 0.5) is 0 Å². The summed E-state index contributed by atoms with van der Waals surface area (Å²) in [6.07, 6.45) is 13.7. The average molecular weight is 326 g/mol. The molecule has 3 nitrogen and oxygen atoms in total. The Morgan fingerprint density at radius 2 is 1.46 bits per heavy atom. The maximum absolute atomic E-state index is 5.81. The van der Waals surface area contributed by atoms with Crippen molar-refractivity contribution in [2.45, 2.75) is 65.2 Å². The minimum absolute atomic E-state index is 0.775. The zero-order chi connectivity index (χ0) is 17.0. The molecule has 130 valence electrons. The van der Waals surface area contributed by atoms with Gasteiger partial charge in [-0.25, -0.2) is 9.97 Å². The molecule has 0 aliphatic rings. The second-order valence-corrected chi connectivity index (χ2v) is 6.31. The van der Waals surface area contributed by atoms with E-state index in [4.69, 9.17) is 4.74 Å². The van der Waals surface area contributed by atoms with Crippen molar-refractivity contribution in [3.05, 3.63) is 42.2 Å². The molecule has 0 fully saturated rings. The molecule has 3 heteroatoms. The van der Waals surface area contributed by atoms with E-state index >= 15 is 0 Å². The van der Waals surface area contributed by atoms with Crippen molar-refractivity contribution < 1.29 is 4.74 Å². The largest absolute Gasteiger partial charge is 0.494 e. The van der Waals surface area contributed by atoms with Gasteiger partial charge < -0.3 is 4.74 Å². The SMILES string of the molecule is CCCCCCCCOc1ccc(-c2ncc(CCC)cn2)cc1. The minimum Gasteiger partial charge on any atom is -0.494 e. The number of unbranched alkanes of at least 4 members (excludes halogenated alkanes) is 5. The maximum Gasteiger partial charge on any atom is 0.159 e. The van der Waals surface area contributed by atoms with Crippen molar-refractivity contribution in [2.24, 2.45) is 0 Å². The third-order valence-corrected chi connectivity index (χ3v) is 4.12. The number of ether oxygens (including phenoxy) is 1. The maximum atomic E-state index is 5.81. The summed E-state index contributed by atoms with van der Waals surface area (Å²) in [6, 6.07) is 8.09. The molecule has 1 aromatic carbocycles. The lowest BCUT2D eigenvalue weighted by Gasteiger charge is -2.07. The molecule has 0 saturated carbocycles. The van der Waals surface area contributed by atoms with E-state index in [0.717, 1.165) is 43.0 Å². The Morgan fingerprint density at radius 3 is 2.12 bits per heavy atom. The predicted octanol–water partition coefficient (Wildman–Crippen LogP) is 5.84. The van der Waals surface area contributed by atoms with Gasteiger partial charge in [0.15, 0.2) is 5.82 Å². The second-order valence-electron chi connectivity index (χ2n) is 6.31. The van der Waals surface area contributed by atoms with Gasteiger partial charge in [-0.2, -0.15) is 0 Å². The van der Waals surface area contributed by atoms with Gasteiger partial charge in [-0.15, -0.1) is 0 Å². The van der Waals surface area contributed by atoms with Gasteiger partial charge in [0.1, 0.15) is 5.75 Å². The van der Waals surface area contributed by atoms with E-state index in [0.29, 0.717) is 0 Å².